The van der Waals surface area contributed by atoms with Gasteiger partial charge in [0.2, 0.25) is 5.91 Å². The summed E-state index contributed by atoms with van der Waals surface area (Å²) in [5, 5.41) is 8.92. The number of aromatic amines is 1. The molecule has 0 saturated carbocycles. The van der Waals surface area contributed by atoms with Crippen LogP contribution in [0.2, 0.25) is 0 Å². The van der Waals surface area contributed by atoms with Crippen LogP contribution in [0.3, 0.4) is 0 Å². The van der Waals surface area contributed by atoms with Gasteiger partial charge in [0.05, 0.1) is 5.69 Å². The van der Waals surface area contributed by atoms with Gasteiger partial charge in [-0.2, -0.15) is 5.10 Å². The highest BCUT2D eigenvalue weighted by atomic mass is 16.2. The molecular formula is C23H20N4O2. The van der Waals surface area contributed by atoms with Crippen molar-refractivity contribution in [3.05, 3.63) is 94.7 Å². The van der Waals surface area contributed by atoms with Crippen molar-refractivity contribution in [3.8, 4) is 5.69 Å². The Bertz CT molecular complexity index is 1240. The van der Waals surface area contributed by atoms with Crippen LogP contribution >= 0.6 is 0 Å². The predicted molar refractivity (Wildman–Crippen MR) is 111 cm³/mol. The summed E-state index contributed by atoms with van der Waals surface area (Å²) in [4.78, 5) is 27.1. The minimum atomic E-state index is -0.287. The summed E-state index contributed by atoms with van der Waals surface area (Å²) >= 11 is 0. The van der Waals surface area contributed by atoms with E-state index < -0.39 is 0 Å². The van der Waals surface area contributed by atoms with Crippen LogP contribution in [0.5, 0.6) is 0 Å². The van der Waals surface area contributed by atoms with E-state index in [9.17, 15) is 9.59 Å². The van der Waals surface area contributed by atoms with E-state index in [-0.39, 0.29) is 17.5 Å². The van der Waals surface area contributed by atoms with Crippen LogP contribution in [0.15, 0.2) is 77.6 Å². The Hall–Kier alpha value is -3.67. The molecular weight excluding hydrogens is 364 g/mol. The molecule has 1 aliphatic rings. The van der Waals surface area contributed by atoms with Crippen molar-refractivity contribution < 1.29 is 4.79 Å². The van der Waals surface area contributed by atoms with Gasteiger partial charge in [-0.25, -0.2) is 14.5 Å². The van der Waals surface area contributed by atoms with Crippen LogP contribution in [0, 0.1) is 0 Å². The fraction of sp³-hybridized carbons (Fsp3) is 0.174. The van der Waals surface area contributed by atoms with E-state index in [1.165, 1.54) is 0 Å². The Kier molecular flexibility index (Phi) is 4.24. The number of nitrogens with one attached hydrogen (secondary N) is 1. The first kappa shape index (κ1) is 17.4. The van der Waals surface area contributed by atoms with Gasteiger partial charge >= 0.3 is 5.69 Å². The zero-order chi connectivity index (χ0) is 19.8. The van der Waals surface area contributed by atoms with E-state index in [1.807, 2.05) is 77.7 Å². The summed E-state index contributed by atoms with van der Waals surface area (Å²) in [7, 11) is 0. The normalized spacial score (nSPS) is 16.6. The first-order valence-electron chi connectivity index (χ1n) is 9.68. The number of likely N-dealkylation sites (tertiary alicyclic amines) is 1. The van der Waals surface area contributed by atoms with Gasteiger partial charge in [-0.05, 0) is 17.0 Å². The zero-order valence-electron chi connectivity index (χ0n) is 15.8. The summed E-state index contributed by atoms with van der Waals surface area (Å²) in [5.74, 6) is 0.554. The average molecular weight is 384 g/mol. The van der Waals surface area contributed by atoms with Gasteiger partial charge in [-0.1, -0.05) is 66.7 Å². The summed E-state index contributed by atoms with van der Waals surface area (Å²) in [6, 6.07) is 23.7. The molecule has 29 heavy (non-hydrogen) atoms. The summed E-state index contributed by atoms with van der Waals surface area (Å²) in [6.45, 7) is 1.11. The van der Waals surface area contributed by atoms with Crippen molar-refractivity contribution in [2.24, 2.45) is 0 Å². The number of benzene rings is 3. The Morgan fingerprint density at radius 3 is 2.55 bits per heavy atom. The smallest absolute Gasteiger partial charge is 0.338 e. The lowest BCUT2D eigenvalue weighted by Gasteiger charge is -2.17. The van der Waals surface area contributed by atoms with E-state index in [4.69, 9.17) is 0 Å². The number of carbonyl (C=O) groups is 1. The molecule has 1 saturated heterocycles. The lowest BCUT2D eigenvalue weighted by molar-refractivity contribution is -0.128. The molecule has 0 aliphatic carbocycles. The van der Waals surface area contributed by atoms with Crippen molar-refractivity contribution in [3.63, 3.8) is 0 Å². The number of fused-ring (bicyclic) bond motifs is 1. The molecule has 1 atom stereocenters. The fourth-order valence-corrected chi connectivity index (χ4v) is 4.12. The first-order chi connectivity index (χ1) is 14.2. The minimum absolute atomic E-state index is 0.0822. The summed E-state index contributed by atoms with van der Waals surface area (Å²) < 4.78 is 1.62. The van der Waals surface area contributed by atoms with Crippen molar-refractivity contribution >= 4 is 16.7 Å². The molecule has 6 heteroatoms. The second kappa shape index (κ2) is 7.05. The Labute approximate surface area is 167 Å². The largest absolute Gasteiger partial charge is 0.347 e. The molecule has 144 valence electrons. The lowest BCUT2D eigenvalue weighted by Crippen LogP contribution is -2.25. The van der Waals surface area contributed by atoms with E-state index in [0.717, 1.165) is 22.0 Å². The van der Waals surface area contributed by atoms with Crippen molar-refractivity contribution in [2.45, 2.75) is 18.9 Å². The van der Waals surface area contributed by atoms with Gasteiger partial charge < -0.3 is 4.90 Å². The third-order valence-electron chi connectivity index (χ3n) is 5.50. The van der Waals surface area contributed by atoms with Gasteiger partial charge in [-0.3, -0.25) is 4.79 Å². The molecule has 6 nitrogen and oxygen atoms in total. The molecule has 0 spiro atoms. The number of rotatable bonds is 4. The monoisotopic (exact) mass is 384 g/mol. The van der Waals surface area contributed by atoms with Crippen LogP contribution < -0.4 is 5.69 Å². The molecule has 0 unspecified atom stereocenters. The average Bonchev–Trinajstić information content (AvgIpc) is 3.31. The highest BCUT2D eigenvalue weighted by molar-refractivity contribution is 5.90. The van der Waals surface area contributed by atoms with Crippen LogP contribution in [0.1, 0.15) is 23.7 Å². The fourth-order valence-electron chi connectivity index (χ4n) is 4.12. The lowest BCUT2D eigenvalue weighted by atomic mass is 10.1. The molecule has 0 radical (unpaired) electrons. The molecule has 1 N–H and O–H groups in total. The summed E-state index contributed by atoms with van der Waals surface area (Å²) in [5.41, 5.74) is 1.59. The van der Waals surface area contributed by atoms with Gasteiger partial charge in [-0.15, -0.1) is 0 Å². The molecule has 2 heterocycles. The molecule has 3 aromatic carbocycles. The van der Waals surface area contributed by atoms with E-state index >= 15 is 0 Å². The Morgan fingerprint density at radius 1 is 0.931 bits per heavy atom. The molecule has 1 fully saturated rings. The van der Waals surface area contributed by atoms with Gasteiger partial charge in [0.25, 0.3) is 0 Å². The molecule has 1 amide bonds. The molecule has 5 rings (SSSR count). The number of hydrogen-bond acceptors (Lipinski definition) is 3. The number of H-pyrrole nitrogens is 1. The van der Waals surface area contributed by atoms with Gasteiger partial charge in [0, 0.05) is 30.8 Å². The Balaban J connectivity index is 1.51. The summed E-state index contributed by atoms with van der Waals surface area (Å²) in [6.07, 6.45) is 0.349. The predicted octanol–water partition coefficient (Wildman–Crippen LogP) is 3.23. The SMILES string of the molecule is O=C1C[C@@H](c2n[nH]c(=O)n2-c2cccc3ccccc23)CN1Cc1ccccc1. The second-order valence-electron chi connectivity index (χ2n) is 7.38. The molecule has 1 aromatic heterocycles. The van der Waals surface area contributed by atoms with Crippen molar-refractivity contribution in [1.29, 1.82) is 0 Å². The van der Waals surface area contributed by atoms with E-state index in [1.54, 1.807) is 4.57 Å². The zero-order valence-corrected chi connectivity index (χ0v) is 15.8. The molecule has 1 aliphatic heterocycles. The third kappa shape index (κ3) is 3.12. The minimum Gasteiger partial charge on any atom is -0.338 e. The van der Waals surface area contributed by atoms with Crippen molar-refractivity contribution in [1.82, 2.24) is 19.7 Å². The number of aromatic nitrogens is 3. The number of nitrogens with zero attached hydrogens (tertiary/aromatic N) is 3. The molecule has 0 bridgehead atoms. The highest BCUT2D eigenvalue weighted by Crippen LogP contribution is 2.30. The van der Waals surface area contributed by atoms with Crippen LogP contribution in [-0.2, 0) is 11.3 Å². The first-order valence-corrected chi connectivity index (χ1v) is 9.68. The highest BCUT2D eigenvalue weighted by Gasteiger charge is 2.34. The third-order valence-corrected chi connectivity index (χ3v) is 5.50. The topological polar surface area (TPSA) is 71.0 Å². The Morgan fingerprint density at radius 2 is 1.69 bits per heavy atom. The van der Waals surface area contributed by atoms with Crippen LogP contribution in [0.25, 0.3) is 16.5 Å². The van der Waals surface area contributed by atoms with E-state index in [2.05, 4.69) is 10.2 Å². The molecule has 4 aromatic rings. The maximum absolute atomic E-state index is 12.6. The van der Waals surface area contributed by atoms with Gasteiger partial charge in [0.1, 0.15) is 5.82 Å². The quantitative estimate of drug-likeness (QED) is 0.587. The van der Waals surface area contributed by atoms with Crippen LogP contribution in [0.4, 0.5) is 0 Å². The van der Waals surface area contributed by atoms with Crippen molar-refractivity contribution in [2.75, 3.05) is 6.54 Å². The number of hydrogen-bond donors (Lipinski definition) is 1. The maximum atomic E-state index is 12.6. The van der Waals surface area contributed by atoms with Gasteiger partial charge in [0.15, 0.2) is 0 Å². The number of carbonyl (C=O) groups excluding carboxylic acids is 1. The second-order valence-corrected chi connectivity index (χ2v) is 7.38. The number of amides is 1. The maximum Gasteiger partial charge on any atom is 0.347 e. The standard InChI is InChI=1S/C23H20N4O2/c28-21-13-18(15-26(21)14-16-7-2-1-3-8-16)22-24-25-23(29)27(22)20-12-6-10-17-9-4-5-11-19(17)20/h1-12,18H,13-15H2,(H,25,29)/t18-/m1/s1. The van der Waals surface area contributed by atoms with E-state index in [0.29, 0.717) is 25.3 Å². The van der Waals surface area contributed by atoms with Crippen LogP contribution in [-0.4, -0.2) is 32.1 Å².